The average molecular weight is 223 g/mol. The first kappa shape index (κ1) is 9.65. The van der Waals surface area contributed by atoms with E-state index in [1.807, 2.05) is 36.4 Å². The molecule has 0 fully saturated rings. The Bertz CT molecular complexity index is 604. The lowest BCUT2D eigenvalue weighted by molar-refractivity contribution is 1.08. The van der Waals surface area contributed by atoms with Gasteiger partial charge in [0.1, 0.15) is 18.3 Å². The fourth-order valence-electron chi connectivity index (χ4n) is 1.58. The third kappa shape index (κ3) is 1.90. The van der Waals surface area contributed by atoms with Crippen molar-refractivity contribution in [2.24, 2.45) is 0 Å². The Labute approximate surface area is 97.6 Å². The van der Waals surface area contributed by atoms with Gasteiger partial charge < -0.3 is 0 Å². The Morgan fingerprint density at radius 1 is 0.824 bits per heavy atom. The molecule has 0 amide bonds. The van der Waals surface area contributed by atoms with Crippen molar-refractivity contribution in [3.63, 3.8) is 0 Å². The highest BCUT2D eigenvalue weighted by atomic mass is 15.2. The van der Waals surface area contributed by atoms with E-state index in [-0.39, 0.29) is 0 Å². The zero-order valence-electron chi connectivity index (χ0n) is 8.91. The van der Waals surface area contributed by atoms with Crippen LogP contribution < -0.4 is 0 Å². The zero-order valence-corrected chi connectivity index (χ0v) is 8.91. The molecule has 0 aliphatic rings. The van der Waals surface area contributed by atoms with Crippen LogP contribution in [0.4, 0.5) is 0 Å². The number of nitrogens with zero attached hydrogens (tertiary/aromatic N) is 4. The van der Waals surface area contributed by atoms with Gasteiger partial charge >= 0.3 is 0 Å². The summed E-state index contributed by atoms with van der Waals surface area (Å²) >= 11 is 0. The third-order valence-corrected chi connectivity index (χ3v) is 2.39. The van der Waals surface area contributed by atoms with Crippen LogP contribution in [0.5, 0.6) is 0 Å². The largest absolute Gasteiger partial charge is 0.258 e. The Morgan fingerprint density at radius 2 is 1.65 bits per heavy atom. The molecule has 0 aliphatic carbocycles. The molecule has 17 heavy (non-hydrogen) atoms. The van der Waals surface area contributed by atoms with Crippen LogP contribution in [0.25, 0.3) is 22.8 Å². The average Bonchev–Trinajstić information content (AvgIpc) is 2.94. The maximum atomic E-state index is 4.25. The minimum atomic E-state index is 0.643. The molecular weight excluding hydrogens is 214 g/mol. The highest BCUT2D eigenvalue weighted by molar-refractivity contribution is 5.63. The van der Waals surface area contributed by atoms with Crippen LogP contribution in [0.2, 0.25) is 0 Å². The van der Waals surface area contributed by atoms with Crippen LogP contribution in [-0.2, 0) is 0 Å². The van der Waals surface area contributed by atoms with Crippen LogP contribution in [-0.4, -0.2) is 25.1 Å². The van der Waals surface area contributed by atoms with Crippen LogP contribution in [0.3, 0.4) is 0 Å². The van der Waals surface area contributed by atoms with Crippen molar-refractivity contribution < 1.29 is 0 Å². The number of aromatic nitrogens is 5. The topological polar surface area (TPSA) is 67.3 Å². The summed E-state index contributed by atoms with van der Waals surface area (Å²) < 4.78 is 0. The van der Waals surface area contributed by atoms with E-state index in [0.717, 1.165) is 17.0 Å². The van der Waals surface area contributed by atoms with Crippen LogP contribution in [0.15, 0.2) is 49.1 Å². The molecule has 0 spiro atoms. The van der Waals surface area contributed by atoms with Gasteiger partial charge in [-0.25, -0.2) is 15.0 Å². The molecule has 1 aromatic carbocycles. The molecule has 3 aromatic rings. The van der Waals surface area contributed by atoms with E-state index < -0.39 is 0 Å². The molecule has 5 heteroatoms. The summed E-state index contributed by atoms with van der Waals surface area (Å²) in [4.78, 5) is 12.5. The van der Waals surface area contributed by atoms with Crippen LogP contribution in [0.1, 0.15) is 0 Å². The smallest absolute Gasteiger partial charge is 0.174 e. The summed E-state index contributed by atoms with van der Waals surface area (Å²) in [5.41, 5.74) is 2.65. The second kappa shape index (κ2) is 4.13. The number of aromatic amines is 1. The lowest BCUT2D eigenvalue weighted by atomic mass is 10.1. The summed E-state index contributed by atoms with van der Waals surface area (Å²) in [6, 6.07) is 11.8. The van der Waals surface area contributed by atoms with E-state index >= 15 is 0 Å². The molecule has 0 saturated heterocycles. The predicted octanol–water partition coefficient (Wildman–Crippen LogP) is 1.93. The first-order valence-corrected chi connectivity index (χ1v) is 5.17. The third-order valence-electron chi connectivity index (χ3n) is 2.39. The van der Waals surface area contributed by atoms with E-state index in [2.05, 4.69) is 25.1 Å². The van der Waals surface area contributed by atoms with Gasteiger partial charge in [0.2, 0.25) is 0 Å². The van der Waals surface area contributed by atoms with Crippen molar-refractivity contribution in [1.82, 2.24) is 25.1 Å². The number of nitrogens with one attached hydrogen (secondary N) is 1. The lowest BCUT2D eigenvalue weighted by Gasteiger charge is -2.01. The van der Waals surface area contributed by atoms with Gasteiger partial charge in [-0.15, -0.1) is 0 Å². The second-order valence-corrected chi connectivity index (χ2v) is 3.49. The van der Waals surface area contributed by atoms with Gasteiger partial charge in [-0.1, -0.05) is 30.3 Å². The summed E-state index contributed by atoms with van der Waals surface area (Å²) in [5.74, 6) is 0.643. The molecule has 0 atom stereocenters. The summed E-state index contributed by atoms with van der Waals surface area (Å²) in [5, 5.41) is 6.59. The molecule has 2 aromatic heterocycles. The molecular formula is C12H9N5. The molecule has 0 aliphatic heterocycles. The van der Waals surface area contributed by atoms with Crippen molar-refractivity contribution in [2.75, 3.05) is 0 Å². The normalized spacial score (nSPS) is 10.4. The SMILES string of the molecule is c1ccc(-c2cc(-c3ncn[nH]3)ncn2)cc1. The standard InChI is InChI=1S/C12H9N5/c1-2-4-9(5-3-1)10-6-11(14-7-13-10)12-15-8-16-17-12/h1-8H,(H,15,16,17). The van der Waals surface area contributed by atoms with Crippen molar-refractivity contribution in [3.8, 4) is 22.8 Å². The maximum Gasteiger partial charge on any atom is 0.174 e. The van der Waals surface area contributed by atoms with E-state index in [1.54, 1.807) is 0 Å². The van der Waals surface area contributed by atoms with Gasteiger partial charge in [0.05, 0.1) is 5.69 Å². The zero-order chi connectivity index (χ0) is 11.5. The van der Waals surface area contributed by atoms with Crippen LogP contribution >= 0.6 is 0 Å². The Hall–Kier alpha value is -2.56. The number of rotatable bonds is 2. The highest BCUT2D eigenvalue weighted by Gasteiger charge is 2.05. The number of benzene rings is 1. The Morgan fingerprint density at radius 3 is 2.41 bits per heavy atom. The Kier molecular flexibility index (Phi) is 2.34. The molecule has 5 nitrogen and oxygen atoms in total. The molecule has 1 N–H and O–H groups in total. The van der Waals surface area contributed by atoms with Gasteiger partial charge in [-0.3, -0.25) is 5.10 Å². The maximum absolute atomic E-state index is 4.25. The summed E-state index contributed by atoms with van der Waals surface area (Å²) in [6.07, 6.45) is 2.99. The minimum Gasteiger partial charge on any atom is -0.258 e. The summed E-state index contributed by atoms with van der Waals surface area (Å²) in [6.45, 7) is 0. The lowest BCUT2D eigenvalue weighted by Crippen LogP contribution is -1.90. The van der Waals surface area contributed by atoms with Gasteiger partial charge in [-0.05, 0) is 6.07 Å². The minimum absolute atomic E-state index is 0.643. The summed E-state index contributed by atoms with van der Waals surface area (Å²) in [7, 11) is 0. The van der Waals surface area contributed by atoms with Gasteiger partial charge in [-0.2, -0.15) is 5.10 Å². The molecule has 82 valence electrons. The molecule has 0 saturated carbocycles. The second-order valence-electron chi connectivity index (χ2n) is 3.49. The van der Waals surface area contributed by atoms with Crippen molar-refractivity contribution >= 4 is 0 Å². The molecule has 0 bridgehead atoms. The Balaban J connectivity index is 2.06. The van der Waals surface area contributed by atoms with E-state index in [0.29, 0.717) is 5.82 Å². The van der Waals surface area contributed by atoms with E-state index in [9.17, 15) is 0 Å². The fourth-order valence-corrected chi connectivity index (χ4v) is 1.58. The van der Waals surface area contributed by atoms with Gasteiger partial charge in [0.25, 0.3) is 0 Å². The van der Waals surface area contributed by atoms with E-state index in [1.165, 1.54) is 12.7 Å². The molecule has 0 unspecified atom stereocenters. The number of hydrogen-bond donors (Lipinski definition) is 1. The predicted molar refractivity (Wildman–Crippen MR) is 62.8 cm³/mol. The number of hydrogen-bond acceptors (Lipinski definition) is 4. The fraction of sp³-hybridized carbons (Fsp3) is 0. The quantitative estimate of drug-likeness (QED) is 0.720. The molecule has 0 radical (unpaired) electrons. The van der Waals surface area contributed by atoms with E-state index in [4.69, 9.17) is 0 Å². The van der Waals surface area contributed by atoms with Crippen molar-refractivity contribution in [1.29, 1.82) is 0 Å². The number of H-pyrrole nitrogens is 1. The van der Waals surface area contributed by atoms with Gasteiger partial charge in [0, 0.05) is 5.56 Å². The van der Waals surface area contributed by atoms with Crippen LogP contribution in [0, 0.1) is 0 Å². The highest BCUT2D eigenvalue weighted by Crippen LogP contribution is 2.19. The monoisotopic (exact) mass is 223 g/mol. The van der Waals surface area contributed by atoms with Gasteiger partial charge in [0.15, 0.2) is 5.82 Å². The van der Waals surface area contributed by atoms with Crippen molar-refractivity contribution in [3.05, 3.63) is 49.1 Å². The first-order chi connectivity index (χ1) is 8.43. The first-order valence-electron chi connectivity index (χ1n) is 5.17. The van der Waals surface area contributed by atoms with Crippen molar-refractivity contribution in [2.45, 2.75) is 0 Å². The molecule has 2 heterocycles. The molecule has 3 rings (SSSR count).